The summed E-state index contributed by atoms with van der Waals surface area (Å²) >= 11 is 0. The molecule has 0 radical (unpaired) electrons. The van der Waals surface area contributed by atoms with E-state index in [-0.39, 0.29) is 5.92 Å². The molecule has 0 spiro atoms. The maximum absolute atomic E-state index is 13.1. The third-order valence-electron chi connectivity index (χ3n) is 8.64. The Balaban J connectivity index is 1.24. The Labute approximate surface area is 181 Å². The minimum Gasteiger partial charge on any atom is -0.202 e. The molecule has 0 aliphatic heterocycles. The zero-order valence-electron chi connectivity index (χ0n) is 18.9. The molecule has 0 aromatic rings. The fraction of sp³-hybridized carbons (Fsp3) is 0.923. The van der Waals surface area contributed by atoms with Crippen LogP contribution in [0.1, 0.15) is 110 Å². The largest absolute Gasteiger partial charge is 0.442 e. The molecule has 0 atom stereocenters. The third-order valence-corrected chi connectivity index (χ3v) is 8.64. The molecule has 0 nitrogen and oxygen atoms in total. The lowest BCUT2D eigenvalue weighted by molar-refractivity contribution is -0.109. The van der Waals surface area contributed by atoms with Gasteiger partial charge < -0.3 is 0 Å². The van der Waals surface area contributed by atoms with Crippen molar-refractivity contribution in [2.45, 2.75) is 116 Å². The highest BCUT2D eigenvalue weighted by molar-refractivity contribution is 5.02. The van der Waals surface area contributed by atoms with E-state index in [1.54, 1.807) is 0 Å². The molecule has 0 amide bonds. The van der Waals surface area contributed by atoms with Crippen molar-refractivity contribution in [1.82, 2.24) is 0 Å². The molecule has 0 saturated heterocycles. The van der Waals surface area contributed by atoms with Crippen LogP contribution >= 0.6 is 0 Å². The van der Waals surface area contributed by atoms with E-state index in [1.807, 2.05) is 0 Å². The molecular weight excluding hydrogens is 388 g/mol. The normalized spacial score (nSPS) is 36.6. The first-order valence-electron chi connectivity index (χ1n) is 12.8. The van der Waals surface area contributed by atoms with E-state index in [0.29, 0.717) is 18.8 Å². The van der Waals surface area contributed by atoms with Gasteiger partial charge in [-0.05, 0) is 93.0 Å². The SMILES string of the molecule is CC1CCC(C2CCC(CCCCC3CCC(C=C(F)C(F)(F)F)CC3)CC2)CC1. The maximum Gasteiger partial charge on any atom is 0.442 e. The molecule has 4 heteroatoms. The molecule has 0 aromatic carbocycles. The molecule has 0 heterocycles. The molecule has 3 saturated carbocycles. The highest BCUT2D eigenvalue weighted by Gasteiger charge is 2.35. The van der Waals surface area contributed by atoms with E-state index in [1.165, 1.54) is 77.0 Å². The Morgan fingerprint density at radius 1 is 0.700 bits per heavy atom. The van der Waals surface area contributed by atoms with E-state index >= 15 is 0 Å². The number of unbranched alkanes of at least 4 members (excludes halogenated alkanes) is 1. The molecule has 0 bridgehead atoms. The summed E-state index contributed by atoms with van der Waals surface area (Å²) in [5.41, 5.74) is 0. The van der Waals surface area contributed by atoms with E-state index < -0.39 is 12.0 Å². The summed E-state index contributed by atoms with van der Waals surface area (Å²) < 4.78 is 50.1. The number of allylic oxidation sites excluding steroid dienone is 2. The van der Waals surface area contributed by atoms with Gasteiger partial charge >= 0.3 is 6.18 Å². The van der Waals surface area contributed by atoms with Crippen LogP contribution in [0, 0.1) is 35.5 Å². The second-order valence-electron chi connectivity index (χ2n) is 10.9. The molecule has 3 aliphatic carbocycles. The predicted octanol–water partition coefficient (Wildman–Crippen LogP) is 9.40. The van der Waals surface area contributed by atoms with Crippen LogP contribution in [0.2, 0.25) is 0 Å². The minimum atomic E-state index is -4.81. The van der Waals surface area contributed by atoms with Gasteiger partial charge in [0.1, 0.15) is 0 Å². The second-order valence-corrected chi connectivity index (χ2v) is 10.9. The van der Waals surface area contributed by atoms with Gasteiger partial charge in [0.2, 0.25) is 0 Å². The van der Waals surface area contributed by atoms with Gasteiger partial charge in [0.25, 0.3) is 0 Å². The first kappa shape index (κ1) is 24.1. The molecular formula is C26H42F4. The van der Waals surface area contributed by atoms with Crippen LogP contribution in [-0.4, -0.2) is 6.18 Å². The zero-order valence-corrected chi connectivity index (χ0v) is 18.9. The molecule has 30 heavy (non-hydrogen) atoms. The van der Waals surface area contributed by atoms with Crippen LogP contribution < -0.4 is 0 Å². The van der Waals surface area contributed by atoms with E-state index in [0.717, 1.165) is 42.6 Å². The van der Waals surface area contributed by atoms with Gasteiger partial charge in [-0.3, -0.25) is 0 Å². The molecule has 0 unspecified atom stereocenters. The summed E-state index contributed by atoms with van der Waals surface area (Å²) in [5, 5.41) is 0. The average Bonchev–Trinajstić information content (AvgIpc) is 2.73. The topological polar surface area (TPSA) is 0 Å². The maximum atomic E-state index is 13.1. The Kier molecular flexibility index (Phi) is 9.13. The lowest BCUT2D eigenvalue weighted by atomic mass is 9.69. The number of hydrogen-bond acceptors (Lipinski definition) is 0. The van der Waals surface area contributed by atoms with Gasteiger partial charge in [0.15, 0.2) is 5.83 Å². The summed E-state index contributed by atoms with van der Waals surface area (Å²) in [4.78, 5) is 0. The van der Waals surface area contributed by atoms with Gasteiger partial charge in [0, 0.05) is 0 Å². The molecule has 3 rings (SSSR count). The van der Waals surface area contributed by atoms with Crippen LogP contribution in [0.25, 0.3) is 0 Å². The van der Waals surface area contributed by atoms with Gasteiger partial charge in [-0.1, -0.05) is 58.3 Å². The Morgan fingerprint density at radius 3 is 1.60 bits per heavy atom. The molecule has 3 fully saturated rings. The fourth-order valence-corrected chi connectivity index (χ4v) is 6.52. The Morgan fingerprint density at radius 2 is 1.13 bits per heavy atom. The minimum absolute atomic E-state index is 0.231. The van der Waals surface area contributed by atoms with Crippen LogP contribution in [0.15, 0.2) is 11.9 Å². The van der Waals surface area contributed by atoms with Gasteiger partial charge in [-0.15, -0.1) is 0 Å². The van der Waals surface area contributed by atoms with Crippen molar-refractivity contribution in [3.8, 4) is 0 Å². The number of alkyl halides is 3. The van der Waals surface area contributed by atoms with Crippen LogP contribution in [-0.2, 0) is 0 Å². The highest BCUT2D eigenvalue weighted by Crippen LogP contribution is 2.42. The summed E-state index contributed by atoms with van der Waals surface area (Å²) in [6, 6.07) is 0. The van der Waals surface area contributed by atoms with Gasteiger partial charge in [-0.2, -0.15) is 13.2 Å². The number of hydrogen-bond donors (Lipinski definition) is 0. The Bertz CT molecular complexity index is 514. The summed E-state index contributed by atoms with van der Waals surface area (Å²) in [6.45, 7) is 2.41. The van der Waals surface area contributed by atoms with Gasteiger partial charge in [-0.25, -0.2) is 4.39 Å². The summed E-state index contributed by atoms with van der Waals surface area (Å²) in [5.74, 6) is 2.38. The van der Waals surface area contributed by atoms with E-state index in [4.69, 9.17) is 0 Å². The summed E-state index contributed by atoms with van der Waals surface area (Å²) in [6.07, 6.45) is 16.0. The van der Waals surface area contributed by atoms with Crippen molar-refractivity contribution >= 4 is 0 Å². The first-order chi connectivity index (χ1) is 14.3. The van der Waals surface area contributed by atoms with Crippen molar-refractivity contribution in [3.63, 3.8) is 0 Å². The standard InChI is InChI=1S/C26H42F4/c1-19-6-14-23(15-7-19)24-16-12-21(13-17-24)5-3-2-4-20-8-10-22(11-9-20)18-25(27)26(28,29)30/h18-24H,2-17H2,1H3. The van der Waals surface area contributed by atoms with Crippen LogP contribution in [0.4, 0.5) is 17.6 Å². The van der Waals surface area contributed by atoms with Crippen molar-refractivity contribution in [2.24, 2.45) is 35.5 Å². The number of rotatable bonds is 7. The fourth-order valence-electron chi connectivity index (χ4n) is 6.52. The van der Waals surface area contributed by atoms with Crippen molar-refractivity contribution in [1.29, 1.82) is 0 Å². The lowest BCUT2D eigenvalue weighted by Gasteiger charge is -2.37. The van der Waals surface area contributed by atoms with E-state index in [2.05, 4.69) is 6.92 Å². The molecule has 3 aliphatic rings. The molecule has 174 valence electrons. The van der Waals surface area contributed by atoms with Crippen LogP contribution in [0.3, 0.4) is 0 Å². The molecule has 0 N–H and O–H groups in total. The number of halogens is 4. The quantitative estimate of drug-likeness (QED) is 0.279. The summed E-state index contributed by atoms with van der Waals surface area (Å²) in [7, 11) is 0. The predicted molar refractivity (Wildman–Crippen MR) is 116 cm³/mol. The van der Waals surface area contributed by atoms with Crippen molar-refractivity contribution < 1.29 is 17.6 Å². The van der Waals surface area contributed by atoms with Gasteiger partial charge in [0.05, 0.1) is 0 Å². The molecule has 0 aromatic heterocycles. The van der Waals surface area contributed by atoms with E-state index in [9.17, 15) is 17.6 Å². The lowest BCUT2D eigenvalue weighted by Crippen LogP contribution is -2.25. The first-order valence-corrected chi connectivity index (χ1v) is 12.8. The smallest absolute Gasteiger partial charge is 0.202 e. The average molecular weight is 431 g/mol. The van der Waals surface area contributed by atoms with Crippen molar-refractivity contribution in [3.05, 3.63) is 11.9 Å². The zero-order chi connectivity index (χ0) is 21.6. The van der Waals surface area contributed by atoms with Crippen LogP contribution in [0.5, 0.6) is 0 Å². The highest BCUT2D eigenvalue weighted by atomic mass is 19.4. The Hall–Kier alpha value is -0.540. The monoisotopic (exact) mass is 430 g/mol. The van der Waals surface area contributed by atoms with Crippen molar-refractivity contribution in [2.75, 3.05) is 0 Å². The second kappa shape index (κ2) is 11.4. The third kappa shape index (κ3) is 7.55.